The molecule has 0 aliphatic rings. The second-order valence-electron chi connectivity index (χ2n) is 2.84. The summed E-state index contributed by atoms with van der Waals surface area (Å²) in [5, 5.41) is 12.9. The van der Waals surface area contributed by atoms with Crippen LogP contribution in [-0.2, 0) is 0 Å². The highest BCUT2D eigenvalue weighted by Crippen LogP contribution is 2.07. The molecule has 0 bridgehead atoms. The van der Waals surface area contributed by atoms with E-state index in [9.17, 15) is 4.79 Å². The smallest absolute Gasteiger partial charge is 0.201 e. The highest BCUT2D eigenvalue weighted by Gasteiger charge is 2.07. The van der Waals surface area contributed by atoms with Gasteiger partial charge in [-0.1, -0.05) is 0 Å². The molecular formula is C8H9N5O. The Morgan fingerprint density at radius 2 is 2.43 bits per heavy atom. The van der Waals surface area contributed by atoms with Crippen molar-refractivity contribution in [3.63, 3.8) is 0 Å². The number of aromatic nitrogens is 4. The lowest BCUT2D eigenvalue weighted by Gasteiger charge is -1.97. The zero-order chi connectivity index (χ0) is 9.97. The Hall–Kier alpha value is -1.82. The van der Waals surface area contributed by atoms with Gasteiger partial charge in [-0.05, 0) is 13.1 Å². The Bertz CT molecular complexity index is 463. The zero-order valence-corrected chi connectivity index (χ0v) is 7.61. The molecule has 72 valence electrons. The number of hydrogen-bond acceptors (Lipinski definition) is 5. The van der Waals surface area contributed by atoms with E-state index in [4.69, 9.17) is 0 Å². The van der Waals surface area contributed by atoms with Crippen LogP contribution in [0.1, 0.15) is 10.4 Å². The van der Waals surface area contributed by atoms with E-state index in [2.05, 4.69) is 25.7 Å². The molecule has 2 aromatic heterocycles. The third kappa shape index (κ3) is 1.47. The summed E-state index contributed by atoms with van der Waals surface area (Å²) in [6.07, 6.45) is 1.50. The normalized spacial score (nSPS) is 10.6. The van der Waals surface area contributed by atoms with E-state index < -0.39 is 0 Å². The van der Waals surface area contributed by atoms with E-state index in [1.807, 2.05) is 0 Å². The van der Waals surface area contributed by atoms with Crippen LogP contribution in [0, 0.1) is 0 Å². The number of carbonyl (C=O) groups is 1. The summed E-state index contributed by atoms with van der Waals surface area (Å²) in [7, 11) is 1.72. The molecular weight excluding hydrogens is 182 g/mol. The summed E-state index contributed by atoms with van der Waals surface area (Å²) in [5.41, 5.74) is 1.67. The molecule has 0 radical (unpaired) electrons. The number of nitrogens with one attached hydrogen (secondary N) is 2. The van der Waals surface area contributed by atoms with Crippen molar-refractivity contribution < 1.29 is 4.79 Å². The standard InChI is InChI=1S/C8H9N5O/c1-9-4-7(14)5-2-6-8(10-3-5)12-13-11-6/h2-3,9H,4H2,1H3,(H,10,11,12,13). The minimum absolute atomic E-state index is 0.00935. The SMILES string of the molecule is CNCC(=O)c1cnc2n[nH]nc2c1. The van der Waals surface area contributed by atoms with E-state index >= 15 is 0 Å². The van der Waals surface area contributed by atoms with Gasteiger partial charge in [0.25, 0.3) is 0 Å². The Labute approximate surface area is 79.7 Å². The first-order valence-electron chi connectivity index (χ1n) is 4.15. The second kappa shape index (κ2) is 3.51. The highest BCUT2D eigenvalue weighted by atomic mass is 16.1. The number of Topliss-reactive ketones (excluding diaryl/α,β-unsaturated/α-hetero) is 1. The van der Waals surface area contributed by atoms with Gasteiger partial charge in [-0.2, -0.15) is 10.3 Å². The highest BCUT2D eigenvalue weighted by molar-refractivity contribution is 5.99. The van der Waals surface area contributed by atoms with E-state index in [1.165, 1.54) is 6.20 Å². The molecule has 2 N–H and O–H groups in total. The topological polar surface area (TPSA) is 83.6 Å². The van der Waals surface area contributed by atoms with Crippen molar-refractivity contribution in [1.82, 2.24) is 25.7 Å². The Balaban J connectivity index is 2.38. The molecule has 6 heteroatoms. The van der Waals surface area contributed by atoms with Gasteiger partial charge in [0.1, 0.15) is 5.52 Å². The number of likely N-dealkylation sites (N-methyl/N-ethyl adjacent to an activating group) is 1. The molecule has 14 heavy (non-hydrogen) atoms. The molecule has 0 aromatic carbocycles. The molecule has 0 aliphatic carbocycles. The molecule has 0 spiro atoms. The maximum atomic E-state index is 11.4. The fourth-order valence-corrected chi connectivity index (χ4v) is 1.16. The van der Waals surface area contributed by atoms with Crippen LogP contribution in [0.15, 0.2) is 12.3 Å². The molecule has 2 rings (SSSR count). The molecule has 0 aliphatic heterocycles. The van der Waals surface area contributed by atoms with Crippen LogP contribution in [0.25, 0.3) is 11.2 Å². The molecule has 0 fully saturated rings. The number of rotatable bonds is 3. The quantitative estimate of drug-likeness (QED) is 0.654. The van der Waals surface area contributed by atoms with Gasteiger partial charge in [0.2, 0.25) is 5.65 Å². The van der Waals surface area contributed by atoms with Crippen LogP contribution in [0.4, 0.5) is 0 Å². The lowest BCUT2D eigenvalue weighted by Crippen LogP contribution is -2.18. The predicted octanol–water partition coefficient (Wildman–Crippen LogP) is -0.245. The van der Waals surface area contributed by atoms with Crippen molar-refractivity contribution in [2.45, 2.75) is 0 Å². The minimum atomic E-state index is -0.00935. The largest absolute Gasteiger partial charge is 0.313 e. The van der Waals surface area contributed by atoms with Crippen LogP contribution < -0.4 is 5.32 Å². The third-order valence-corrected chi connectivity index (χ3v) is 1.83. The van der Waals surface area contributed by atoms with Crippen LogP contribution >= 0.6 is 0 Å². The molecule has 0 amide bonds. The monoisotopic (exact) mass is 191 g/mol. The van der Waals surface area contributed by atoms with Crippen LogP contribution in [0.5, 0.6) is 0 Å². The van der Waals surface area contributed by atoms with Gasteiger partial charge < -0.3 is 5.32 Å². The first-order chi connectivity index (χ1) is 6.81. The lowest BCUT2D eigenvalue weighted by atomic mass is 10.2. The first kappa shape index (κ1) is 8.76. The number of fused-ring (bicyclic) bond motifs is 1. The van der Waals surface area contributed by atoms with Crippen LogP contribution in [0.2, 0.25) is 0 Å². The molecule has 0 saturated carbocycles. The number of ketones is 1. The van der Waals surface area contributed by atoms with Gasteiger partial charge in [0.05, 0.1) is 6.54 Å². The lowest BCUT2D eigenvalue weighted by molar-refractivity contribution is 0.0993. The first-order valence-corrected chi connectivity index (χ1v) is 4.15. The predicted molar refractivity (Wildman–Crippen MR) is 49.9 cm³/mol. The summed E-state index contributed by atoms with van der Waals surface area (Å²) in [4.78, 5) is 15.4. The number of carbonyl (C=O) groups excluding carboxylic acids is 1. The van der Waals surface area contributed by atoms with E-state index in [-0.39, 0.29) is 5.78 Å². The van der Waals surface area contributed by atoms with E-state index in [0.717, 1.165) is 0 Å². The number of H-pyrrole nitrogens is 1. The van der Waals surface area contributed by atoms with Crippen LogP contribution in [-0.4, -0.2) is 39.8 Å². The molecule has 2 aromatic rings. The van der Waals surface area contributed by atoms with Crippen molar-refractivity contribution in [2.75, 3.05) is 13.6 Å². The second-order valence-corrected chi connectivity index (χ2v) is 2.84. The maximum absolute atomic E-state index is 11.4. The summed E-state index contributed by atoms with van der Waals surface area (Å²) >= 11 is 0. The Morgan fingerprint density at radius 3 is 3.21 bits per heavy atom. The summed E-state index contributed by atoms with van der Waals surface area (Å²) in [6.45, 7) is 0.297. The maximum Gasteiger partial charge on any atom is 0.201 e. The van der Waals surface area contributed by atoms with Gasteiger partial charge in [-0.25, -0.2) is 4.98 Å². The van der Waals surface area contributed by atoms with Crippen molar-refractivity contribution in [3.8, 4) is 0 Å². The number of nitrogens with zero attached hydrogens (tertiary/aromatic N) is 3. The molecule has 0 saturated heterocycles. The fourth-order valence-electron chi connectivity index (χ4n) is 1.16. The average Bonchev–Trinajstić information content (AvgIpc) is 2.64. The van der Waals surface area contributed by atoms with Gasteiger partial charge >= 0.3 is 0 Å². The summed E-state index contributed by atoms with van der Waals surface area (Å²) in [5.74, 6) is -0.00935. The van der Waals surface area contributed by atoms with E-state index in [0.29, 0.717) is 23.3 Å². The minimum Gasteiger partial charge on any atom is -0.313 e. The summed E-state index contributed by atoms with van der Waals surface area (Å²) in [6, 6.07) is 1.67. The molecule has 0 atom stereocenters. The molecule has 6 nitrogen and oxygen atoms in total. The van der Waals surface area contributed by atoms with Gasteiger partial charge in [0, 0.05) is 11.8 Å². The average molecular weight is 191 g/mol. The van der Waals surface area contributed by atoms with Crippen molar-refractivity contribution in [1.29, 1.82) is 0 Å². The third-order valence-electron chi connectivity index (χ3n) is 1.83. The fraction of sp³-hybridized carbons (Fsp3) is 0.250. The van der Waals surface area contributed by atoms with Gasteiger partial charge in [-0.3, -0.25) is 4.79 Å². The Kier molecular flexibility index (Phi) is 2.19. The van der Waals surface area contributed by atoms with Gasteiger partial charge in [0.15, 0.2) is 5.78 Å². The zero-order valence-electron chi connectivity index (χ0n) is 7.61. The van der Waals surface area contributed by atoms with Crippen molar-refractivity contribution in [2.24, 2.45) is 0 Å². The molecule has 2 heterocycles. The van der Waals surface area contributed by atoms with Crippen molar-refractivity contribution in [3.05, 3.63) is 17.8 Å². The number of hydrogen-bond donors (Lipinski definition) is 2. The van der Waals surface area contributed by atoms with Gasteiger partial charge in [-0.15, -0.1) is 5.10 Å². The molecule has 0 unspecified atom stereocenters. The van der Waals surface area contributed by atoms with E-state index in [1.54, 1.807) is 13.1 Å². The summed E-state index contributed by atoms with van der Waals surface area (Å²) < 4.78 is 0. The Morgan fingerprint density at radius 1 is 1.57 bits per heavy atom. The van der Waals surface area contributed by atoms with Crippen LogP contribution in [0.3, 0.4) is 0 Å². The number of aromatic amines is 1. The van der Waals surface area contributed by atoms with Crippen molar-refractivity contribution >= 4 is 16.9 Å². The number of pyridine rings is 1.